The van der Waals surface area contributed by atoms with Crippen molar-refractivity contribution < 1.29 is 9.84 Å². The highest BCUT2D eigenvalue weighted by molar-refractivity contribution is 5.23. The van der Waals surface area contributed by atoms with Crippen LogP contribution in [0.25, 0.3) is 0 Å². The molecule has 2 atom stereocenters. The van der Waals surface area contributed by atoms with Gasteiger partial charge in [-0.1, -0.05) is 6.08 Å². The molecule has 1 aliphatic rings. The monoisotopic (exact) mass is 223 g/mol. The van der Waals surface area contributed by atoms with Gasteiger partial charge < -0.3 is 15.6 Å². The molecule has 0 aromatic carbocycles. The summed E-state index contributed by atoms with van der Waals surface area (Å²) in [6.45, 7) is -0.0714. The Morgan fingerprint density at radius 1 is 1.69 bits per heavy atom. The average molecular weight is 223 g/mol. The smallest absolute Gasteiger partial charge is 0.351 e. The average Bonchev–Trinajstić information content (AvgIpc) is 2.29. The Bertz CT molecular complexity index is 455. The van der Waals surface area contributed by atoms with Gasteiger partial charge in [0.05, 0.1) is 12.7 Å². The molecule has 0 radical (unpaired) electrons. The van der Waals surface area contributed by atoms with E-state index in [9.17, 15) is 4.79 Å². The molecule has 0 amide bonds. The van der Waals surface area contributed by atoms with Crippen LogP contribution in [-0.4, -0.2) is 27.4 Å². The Hall–Kier alpha value is -1.66. The summed E-state index contributed by atoms with van der Waals surface area (Å²) in [4.78, 5) is 15.1. The fourth-order valence-corrected chi connectivity index (χ4v) is 1.54. The van der Waals surface area contributed by atoms with E-state index >= 15 is 0 Å². The fraction of sp³-hybridized carbons (Fsp3) is 0.400. The number of aromatic nitrogens is 2. The molecule has 1 aromatic rings. The molecule has 0 aliphatic carbocycles. The van der Waals surface area contributed by atoms with Gasteiger partial charge in [0.1, 0.15) is 5.82 Å². The molecule has 2 rings (SSSR count). The third-order valence-corrected chi connectivity index (χ3v) is 2.36. The predicted octanol–water partition coefficient (Wildman–Crippen LogP) is -0.339. The van der Waals surface area contributed by atoms with Crippen molar-refractivity contribution >= 4 is 5.82 Å². The summed E-state index contributed by atoms with van der Waals surface area (Å²) >= 11 is 0. The van der Waals surface area contributed by atoms with E-state index in [0.29, 0.717) is 6.42 Å². The maximum atomic E-state index is 11.5. The number of nitrogen functional groups attached to an aromatic ring is 1. The number of nitrogens with zero attached hydrogens (tertiary/aromatic N) is 2. The van der Waals surface area contributed by atoms with E-state index in [-0.39, 0.29) is 18.5 Å². The van der Waals surface area contributed by atoms with Crippen molar-refractivity contribution in [1.29, 1.82) is 0 Å². The molecular weight excluding hydrogens is 210 g/mol. The molecule has 6 heteroatoms. The van der Waals surface area contributed by atoms with E-state index < -0.39 is 11.9 Å². The highest BCUT2D eigenvalue weighted by Gasteiger charge is 2.19. The molecule has 0 saturated carbocycles. The van der Waals surface area contributed by atoms with Gasteiger partial charge >= 0.3 is 5.69 Å². The Balaban J connectivity index is 2.27. The normalized spacial score (nSPS) is 24.6. The molecule has 1 unspecified atom stereocenters. The largest absolute Gasteiger partial charge is 0.394 e. The minimum Gasteiger partial charge on any atom is -0.394 e. The van der Waals surface area contributed by atoms with Gasteiger partial charge in [-0.15, -0.1) is 0 Å². The van der Waals surface area contributed by atoms with Crippen LogP contribution in [0.4, 0.5) is 5.82 Å². The second-order valence-corrected chi connectivity index (χ2v) is 3.54. The lowest BCUT2D eigenvalue weighted by Gasteiger charge is -2.25. The summed E-state index contributed by atoms with van der Waals surface area (Å²) < 4.78 is 6.82. The van der Waals surface area contributed by atoms with Crippen molar-refractivity contribution in [3.8, 4) is 0 Å². The van der Waals surface area contributed by atoms with Crippen molar-refractivity contribution in [2.24, 2.45) is 0 Å². The number of hydrogen-bond acceptors (Lipinski definition) is 5. The van der Waals surface area contributed by atoms with Gasteiger partial charge in [0.2, 0.25) is 0 Å². The fourth-order valence-electron chi connectivity index (χ4n) is 1.54. The van der Waals surface area contributed by atoms with Crippen molar-refractivity contribution in [2.45, 2.75) is 18.8 Å². The number of aliphatic hydroxyl groups excluding tert-OH is 1. The zero-order valence-electron chi connectivity index (χ0n) is 8.61. The van der Waals surface area contributed by atoms with E-state index in [1.54, 1.807) is 6.08 Å². The SMILES string of the molecule is Nc1ccn([C@H]2C=CCC(CO)O2)c(=O)n1. The second-order valence-electron chi connectivity index (χ2n) is 3.54. The summed E-state index contributed by atoms with van der Waals surface area (Å²) in [5.41, 5.74) is 4.92. The Labute approximate surface area is 92.0 Å². The maximum Gasteiger partial charge on any atom is 0.351 e. The number of hydrogen-bond donors (Lipinski definition) is 2. The van der Waals surface area contributed by atoms with Crippen LogP contribution in [0.1, 0.15) is 12.6 Å². The highest BCUT2D eigenvalue weighted by atomic mass is 16.5. The van der Waals surface area contributed by atoms with Gasteiger partial charge in [-0.25, -0.2) is 4.79 Å². The first-order valence-electron chi connectivity index (χ1n) is 4.98. The van der Waals surface area contributed by atoms with E-state index in [1.165, 1.54) is 16.8 Å². The molecule has 0 fully saturated rings. The number of ether oxygens (including phenoxy) is 1. The van der Waals surface area contributed by atoms with E-state index in [1.807, 2.05) is 6.08 Å². The van der Waals surface area contributed by atoms with Gasteiger partial charge in [-0.05, 0) is 18.6 Å². The number of anilines is 1. The Kier molecular flexibility index (Phi) is 3.02. The summed E-state index contributed by atoms with van der Waals surface area (Å²) in [5.74, 6) is 0.180. The zero-order valence-corrected chi connectivity index (χ0v) is 8.61. The van der Waals surface area contributed by atoms with Crippen molar-refractivity contribution in [1.82, 2.24) is 9.55 Å². The standard InChI is InChI=1S/C10H13N3O3/c11-8-4-5-13(10(15)12-8)9-3-1-2-7(6-14)16-9/h1,3-5,7,9,14H,2,6H2,(H2,11,12,15)/t7?,9-/m1/s1. The van der Waals surface area contributed by atoms with Crippen LogP contribution in [0, 0.1) is 0 Å². The Morgan fingerprint density at radius 3 is 3.19 bits per heavy atom. The number of aliphatic hydroxyl groups is 1. The first kappa shape index (κ1) is 10.8. The minimum absolute atomic E-state index is 0.0714. The van der Waals surface area contributed by atoms with Crippen LogP contribution in [-0.2, 0) is 4.74 Å². The first-order chi connectivity index (χ1) is 7.70. The number of rotatable bonds is 2. The molecular formula is C10H13N3O3. The van der Waals surface area contributed by atoms with Gasteiger partial charge in [-0.3, -0.25) is 4.57 Å². The van der Waals surface area contributed by atoms with Crippen LogP contribution < -0.4 is 11.4 Å². The lowest BCUT2D eigenvalue weighted by atomic mass is 10.2. The van der Waals surface area contributed by atoms with Crippen LogP contribution >= 0.6 is 0 Å². The molecule has 16 heavy (non-hydrogen) atoms. The van der Waals surface area contributed by atoms with Crippen LogP contribution in [0.15, 0.2) is 29.2 Å². The molecule has 0 bridgehead atoms. The molecule has 2 heterocycles. The summed E-state index contributed by atoms with van der Waals surface area (Å²) in [5, 5.41) is 8.99. The molecule has 86 valence electrons. The van der Waals surface area contributed by atoms with E-state index in [4.69, 9.17) is 15.6 Å². The third kappa shape index (κ3) is 2.12. The first-order valence-corrected chi connectivity index (χ1v) is 4.98. The molecule has 0 spiro atoms. The van der Waals surface area contributed by atoms with Crippen LogP contribution in [0.3, 0.4) is 0 Å². The minimum atomic E-state index is -0.522. The van der Waals surface area contributed by atoms with Crippen LogP contribution in [0.2, 0.25) is 0 Å². The summed E-state index contributed by atoms with van der Waals surface area (Å²) in [7, 11) is 0. The summed E-state index contributed by atoms with van der Waals surface area (Å²) in [6, 6.07) is 1.53. The molecule has 1 aromatic heterocycles. The molecule has 6 nitrogen and oxygen atoms in total. The topological polar surface area (TPSA) is 90.4 Å². The van der Waals surface area contributed by atoms with E-state index in [0.717, 1.165) is 0 Å². The van der Waals surface area contributed by atoms with Gasteiger partial charge in [0.15, 0.2) is 6.23 Å². The molecule has 3 N–H and O–H groups in total. The predicted molar refractivity (Wildman–Crippen MR) is 57.7 cm³/mol. The van der Waals surface area contributed by atoms with Crippen molar-refractivity contribution in [3.63, 3.8) is 0 Å². The van der Waals surface area contributed by atoms with Gasteiger partial charge in [-0.2, -0.15) is 4.98 Å². The van der Waals surface area contributed by atoms with Crippen LogP contribution in [0.5, 0.6) is 0 Å². The van der Waals surface area contributed by atoms with Crippen molar-refractivity contribution in [3.05, 3.63) is 34.9 Å². The highest BCUT2D eigenvalue weighted by Crippen LogP contribution is 2.18. The summed E-state index contributed by atoms with van der Waals surface area (Å²) in [6.07, 6.45) is 5.00. The Morgan fingerprint density at radius 2 is 2.50 bits per heavy atom. The van der Waals surface area contributed by atoms with Gasteiger partial charge in [0, 0.05) is 6.20 Å². The molecule has 0 saturated heterocycles. The zero-order chi connectivity index (χ0) is 11.5. The number of nitrogens with two attached hydrogens (primary N) is 1. The second kappa shape index (κ2) is 4.46. The lowest BCUT2D eigenvalue weighted by Crippen LogP contribution is -2.32. The van der Waals surface area contributed by atoms with E-state index in [2.05, 4.69) is 4.98 Å². The van der Waals surface area contributed by atoms with Gasteiger partial charge in [0.25, 0.3) is 0 Å². The third-order valence-electron chi connectivity index (χ3n) is 2.36. The lowest BCUT2D eigenvalue weighted by molar-refractivity contribution is -0.0580. The molecule has 1 aliphatic heterocycles. The maximum absolute atomic E-state index is 11.5. The van der Waals surface area contributed by atoms with Crippen molar-refractivity contribution in [2.75, 3.05) is 12.3 Å². The quantitative estimate of drug-likeness (QED) is 0.669.